The van der Waals surface area contributed by atoms with Crippen molar-refractivity contribution in [2.75, 3.05) is 12.4 Å². The summed E-state index contributed by atoms with van der Waals surface area (Å²) in [6.07, 6.45) is 1.81. The van der Waals surface area contributed by atoms with E-state index in [4.69, 9.17) is 11.6 Å². The van der Waals surface area contributed by atoms with E-state index < -0.39 is 5.82 Å². The summed E-state index contributed by atoms with van der Waals surface area (Å²) in [5, 5.41) is 3.09. The van der Waals surface area contributed by atoms with Crippen molar-refractivity contribution in [3.05, 3.63) is 39.2 Å². The van der Waals surface area contributed by atoms with E-state index in [9.17, 15) is 4.39 Å². The predicted octanol–water partition coefficient (Wildman–Crippen LogP) is 4.69. The molecule has 1 N–H and O–H groups in total. The van der Waals surface area contributed by atoms with Crippen LogP contribution in [0.5, 0.6) is 0 Å². The van der Waals surface area contributed by atoms with E-state index in [1.807, 2.05) is 0 Å². The van der Waals surface area contributed by atoms with Crippen molar-refractivity contribution in [1.82, 2.24) is 9.97 Å². The Balaban J connectivity index is 2.55. The van der Waals surface area contributed by atoms with Crippen LogP contribution in [0.2, 0.25) is 5.02 Å². The summed E-state index contributed by atoms with van der Waals surface area (Å²) in [5.74, 6) is 0.789. The highest BCUT2D eigenvalue weighted by atomic mass is 79.9. The first-order valence-corrected chi connectivity index (χ1v) is 7.43. The Hall–Kier alpha value is -1.20. The van der Waals surface area contributed by atoms with Crippen LogP contribution in [0.25, 0.3) is 11.4 Å². The second kappa shape index (κ2) is 6.50. The number of hydrogen-bond acceptors (Lipinski definition) is 3. The summed E-state index contributed by atoms with van der Waals surface area (Å²) in [5.41, 5.74) is 1.61. The highest BCUT2D eigenvalue weighted by Gasteiger charge is 2.13. The lowest BCUT2D eigenvalue weighted by Gasteiger charge is -2.11. The third-order valence-electron chi connectivity index (χ3n) is 2.82. The van der Waals surface area contributed by atoms with Crippen molar-refractivity contribution >= 4 is 33.3 Å². The maximum Gasteiger partial charge on any atom is 0.161 e. The summed E-state index contributed by atoms with van der Waals surface area (Å²) in [6.45, 7) is 2.09. The van der Waals surface area contributed by atoms with Gasteiger partial charge in [-0.05, 0) is 40.5 Å². The zero-order valence-electron chi connectivity index (χ0n) is 11.2. The molecule has 0 aliphatic carbocycles. The van der Waals surface area contributed by atoms with Crippen LogP contribution in [0.4, 0.5) is 10.2 Å². The van der Waals surface area contributed by atoms with E-state index in [1.54, 1.807) is 13.1 Å². The molecule has 0 bridgehead atoms. The molecule has 2 rings (SSSR count). The van der Waals surface area contributed by atoms with Gasteiger partial charge in [0.1, 0.15) is 11.6 Å². The predicted molar refractivity (Wildman–Crippen MR) is 83.7 cm³/mol. The fraction of sp³-hybridized carbons (Fsp3) is 0.286. The summed E-state index contributed by atoms with van der Waals surface area (Å²) >= 11 is 9.32. The van der Waals surface area contributed by atoms with Gasteiger partial charge in [0, 0.05) is 12.6 Å². The van der Waals surface area contributed by atoms with Gasteiger partial charge in [0.15, 0.2) is 5.82 Å². The molecule has 1 aromatic carbocycles. The Labute approximate surface area is 130 Å². The van der Waals surface area contributed by atoms with Crippen LogP contribution in [0, 0.1) is 5.82 Å². The number of aromatic nitrogens is 2. The molecule has 0 spiro atoms. The van der Waals surface area contributed by atoms with Gasteiger partial charge in [-0.2, -0.15) is 0 Å². The molecule has 20 heavy (non-hydrogen) atoms. The van der Waals surface area contributed by atoms with E-state index in [2.05, 4.69) is 38.1 Å². The second-order valence-corrected chi connectivity index (χ2v) is 5.49. The lowest BCUT2D eigenvalue weighted by atomic mass is 10.2. The normalized spacial score (nSPS) is 10.7. The molecule has 0 unspecified atom stereocenters. The molecular formula is C14H14BrClFN3. The average Bonchev–Trinajstić information content (AvgIpc) is 2.44. The van der Waals surface area contributed by atoms with Gasteiger partial charge in [0.05, 0.1) is 15.2 Å². The lowest BCUT2D eigenvalue weighted by Crippen LogP contribution is -2.03. The Morgan fingerprint density at radius 3 is 2.70 bits per heavy atom. The summed E-state index contributed by atoms with van der Waals surface area (Å²) in [7, 11) is 1.80. The zero-order valence-corrected chi connectivity index (χ0v) is 13.5. The average molecular weight is 359 g/mol. The first-order chi connectivity index (χ1) is 9.56. The van der Waals surface area contributed by atoms with Crippen LogP contribution in [0.1, 0.15) is 19.0 Å². The van der Waals surface area contributed by atoms with Crippen LogP contribution in [0.15, 0.2) is 22.7 Å². The fourth-order valence-electron chi connectivity index (χ4n) is 1.83. The van der Waals surface area contributed by atoms with Crippen molar-refractivity contribution in [2.24, 2.45) is 0 Å². The molecule has 0 amide bonds. The van der Waals surface area contributed by atoms with Crippen LogP contribution in [-0.2, 0) is 6.42 Å². The van der Waals surface area contributed by atoms with Crippen LogP contribution in [-0.4, -0.2) is 17.0 Å². The molecule has 3 nitrogen and oxygen atoms in total. The number of rotatable bonds is 4. The molecule has 0 saturated carbocycles. The van der Waals surface area contributed by atoms with Gasteiger partial charge in [-0.15, -0.1) is 0 Å². The lowest BCUT2D eigenvalue weighted by molar-refractivity contribution is 0.628. The number of halogens is 3. The van der Waals surface area contributed by atoms with E-state index in [0.717, 1.165) is 23.0 Å². The summed E-state index contributed by atoms with van der Waals surface area (Å²) < 4.78 is 14.1. The third kappa shape index (κ3) is 3.10. The minimum atomic E-state index is -0.449. The maximum atomic E-state index is 13.2. The van der Waals surface area contributed by atoms with Crippen LogP contribution < -0.4 is 5.32 Å². The highest BCUT2D eigenvalue weighted by molar-refractivity contribution is 9.10. The van der Waals surface area contributed by atoms with Gasteiger partial charge in [0.25, 0.3) is 0 Å². The van der Waals surface area contributed by atoms with E-state index >= 15 is 0 Å². The van der Waals surface area contributed by atoms with Crippen molar-refractivity contribution in [1.29, 1.82) is 0 Å². The van der Waals surface area contributed by atoms with Gasteiger partial charge in [-0.25, -0.2) is 14.4 Å². The molecule has 0 atom stereocenters. The molecule has 0 radical (unpaired) electrons. The van der Waals surface area contributed by atoms with Gasteiger partial charge >= 0.3 is 0 Å². The number of hydrogen-bond donors (Lipinski definition) is 1. The number of nitrogens with zero attached hydrogens (tertiary/aromatic N) is 2. The van der Waals surface area contributed by atoms with Gasteiger partial charge < -0.3 is 5.32 Å². The third-order valence-corrected chi connectivity index (χ3v) is 3.94. The smallest absolute Gasteiger partial charge is 0.161 e. The van der Waals surface area contributed by atoms with Crippen molar-refractivity contribution in [2.45, 2.75) is 19.8 Å². The molecule has 0 fully saturated rings. The number of aryl methyl sites for hydroxylation is 1. The molecule has 0 aliphatic rings. The molecule has 106 valence electrons. The first kappa shape index (κ1) is 15.2. The molecule has 0 aliphatic heterocycles. The molecule has 0 saturated heterocycles. The second-order valence-electron chi connectivity index (χ2n) is 4.29. The number of benzene rings is 1. The molecule has 6 heteroatoms. The van der Waals surface area contributed by atoms with Crippen molar-refractivity contribution in [3.63, 3.8) is 0 Å². The molecule has 1 heterocycles. The maximum absolute atomic E-state index is 13.2. The summed E-state index contributed by atoms with van der Waals surface area (Å²) in [4.78, 5) is 8.96. The van der Waals surface area contributed by atoms with E-state index in [1.165, 1.54) is 12.1 Å². The monoisotopic (exact) mass is 357 g/mol. The topological polar surface area (TPSA) is 37.8 Å². The molecule has 2 aromatic rings. The van der Waals surface area contributed by atoms with Gasteiger partial charge in [-0.3, -0.25) is 0 Å². The van der Waals surface area contributed by atoms with Crippen molar-refractivity contribution in [3.8, 4) is 11.4 Å². The highest BCUT2D eigenvalue weighted by Crippen LogP contribution is 2.29. The Kier molecular flexibility index (Phi) is 4.94. The standard InChI is InChI=1S/C14H14BrClFN3/c1-3-4-11-12(15)14(18-2)20-13(19-11)8-5-6-10(17)9(16)7-8/h5-7H,3-4H2,1-2H3,(H,18,19,20). The zero-order chi connectivity index (χ0) is 14.7. The quantitative estimate of drug-likeness (QED) is 0.861. The largest absolute Gasteiger partial charge is 0.372 e. The Morgan fingerprint density at radius 1 is 1.35 bits per heavy atom. The first-order valence-electron chi connectivity index (χ1n) is 6.26. The summed E-state index contributed by atoms with van der Waals surface area (Å²) in [6, 6.07) is 4.48. The minimum absolute atomic E-state index is 0.0667. The van der Waals surface area contributed by atoms with Gasteiger partial charge in [0.2, 0.25) is 0 Å². The van der Waals surface area contributed by atoms with Crippen LogP contribution in [0.3, 0.4) is 0 Å². The van der Waals surface area contributed by atoms with Crippen molar-refractivity contribution < 1.29 is 4.39 Å². The minimum Gasteiger partial charge on any atom is -0.372 e. The fourth-order valence-corrected chi connectivity index (χ4v) is 2.58. The SMILES string of the molecule is CCCc1nc(-c2ccc(F)c(Cl)c2)nc(NC)c1Br. The number of nitrogens with one attached hydrogen (secondary N) is 1. The Bertz CT molecular complexity index is 634. The number of anilines is 1. The van der Waals surface area contributed by atoms with Gasteiger partial charge in [-0.1, -0.05) is 24.9 Å². The Morgan fingerprint density at radius 2 is 2.10 bits per heavy atom. The molecule has 1 aromatic heterocycles. The van der Waals surface area contributed by atoms with Crippen LogP contribution >= 0.6 is 27.5 Å². The van der Waals surface area contributed by atoms with E-state index in [-0.39, 0.29) is 5.02 Å². The van der Waals surface area contributed by atoms with E-state index in [0.29, 0.717) is 17.2 Å². The molecular weight excluding hydrogens is 345 g/mol.